The Balaban J connectivity index is 2.53. The maximum atomic E-state index is 13.6. The lowest BCUT2D eigenvalue weighted by Gasteiger charge is -2.18. The monoisotopic (exact) mass is 341 g/mol. The molecule has 0 aliphatic heterocycles. The number of rotatable bonds is 2. The van der Waals surface area contributed by atoms with Gasteiger partial charge in [0.1, 0.15) is 5.82 Å². The summed E-state index contributed by atoms with van der Waals surface area (Å²) in [6.07, 6.45) is 0. The topological polar surface area (TPSA) is 26.0 Å². The molecule has 0 aliphatic carbocycles. The molecule has 1 atom stereocenters. The maximum absolute atomic E-state index is 13.6. The van der Waals surface area contributed by atoms with Crippen molar-refractivity contribution in [1.29, 1.82) is 0 Å². The summed E-state index contributed by atoms with van der Waals surface area (Å²) in [6.45, 7) is 3.88. The van der Waals surface area contributed by atoms with Crippen molar-refractivity contribution in [2.75, 3.05) is 0 Å². The lowest BCUT2D eigenvalue weighted by Crippen LogP contribution is -2.14. The van der Waals surface area contributed by atoms with Gasteiger partial charge in [0.15, 0.2) is 0 Å². The Morgan fingerprint density at radius 2 is 1.84 bits per heavy atom. The highest BCUT2D eigenvalue weighted by molar-refractivity contribution is 9.10. The molecule has 4 heteroatoms. The Morgan fingerprint density at radius 1 is 1.16 bits per heavy atom. The van der Waals surface area contributed by atoms with E-state index in [1.165, 1.54) is 6.07 Å². The summed E-state index contributed by atoms with van der Waals surface area (Å²) >= 11 is 9.34. The number of hydrogen-bond donors (Lipinski definition) is 1. The number of halogens is 3. The Bertz CT molecular complexity index is 628. The largest absolute Gasteiger partial charge is 0.320 e. The number of benzene rings is 2. The van der Waals surface area contributed by atoms with E-state index in [2.05, 4.69) is 15.9 Å². The SMILES string of the molecule is Cc1cc(C(N)c2cccc(F)c2Br)c(C)cc1Cl. The second-order valence-electron chi connectivity index (χ2n) is 4.58. The molecule has 0 saturated carbocycles. The highest BCUT2D eigenvalue weighted by Crippen LogP contribution is 2.32. The average Bonchev–Trinajstić information content (AvgIpc) is 2.36. The van der Waals surface area contributed by atoms with Crippen molar-refractivity contribution in [1.82, 2.24) is 0 Å². The molecule has 1 unspecified atom stereocenters. The molecule has 2 rings (SSSR count). The Hall–Kier alpha value is -0.900. The molecule has 0 fully saturated rings. The van der Waals surface area contributed by atoms with E-state index in [1.54, 1.807) is 6.07 Å². The summed E-state index contributed by atoms with van der Waals surface area (Å²) in [6, 6.07) is 8.34. The Morgan fingerprint density at radius 3 is 2.53 bits per heavy atom. The smallest absolute Gasteiger partial charge is 0.137 e. The molecule has 100 valence electrons. The maximum Gasteiger partial charge on any atom is 0.137 e. The minimum Gasteiger partial charge on any atom is -0.320 e. The van der Waals surface area contributed by atoms with Gasteiger partial charge in [-0.05, 0) is 64.2 Å². The van der Waals surface area contributed by atoms with Crippen molar-refractivity contribution < 1.29 is 4.39 Å². The highest BCUT2D eigenvalue weighted by Gasteiger charge is 2.17. The quantitative estimate of drug-likeness (QED) is 0.825. The van der Waals surface area contributed by atoms with Gasteiger partial charge in [-0.1, -0.05) is 29.8 Å². The average molecular weight is 343 g/mol. The van der Waals surface area contributed by atoms with Crippen molar-refractivity contribution in [2.24, 2.45) is 5.73 Å². The van der Waals surface area contributed by atoms with Crippen LogP contribution in [0.5, 0.6) is 0 Å². The molecule has 2 aromatic carbocycles. The first-order chi connectivity index (χ1) is 8.91. The fourth-order valence-electron chi connectivity index (χ4n) is 2.07. The van der Waals surface area contributed by atoms with Gasteiger partial charge < -0.3 is 5.73 Å². The van der Waals surface area contributed by atoms with Crippen LogP contribution in [0.2, 0.25) is 5.02 Å². The first-order valence-electron chi connectivity index (χ1n) is 5.88. The summed E-state index contributed by atoms with van der Waals surface area (Å²) in [5.41, 5.74) is 9.91. The minimum atomic E-state index is -0.388. The first kappa shape index (κ1) is 14.5. The lowest BCUT2D eigenvalue weighted by molar-refractivity contribution is 0.616. The zero-order valence-electron chi connectivity index (χ0n) is 10.7. The van der Waals surface area contributed by atoms with E-state index >= 15 is 0 Å². The van der Waals surface area contributed by atoms with Gasteiger partial charge >= 0.3 is 0 Å². The van der Waals surface area contributed by atoms with Crippen LogP contribution in [0.25, 0.3) is 0 Å². The van der Waals surface area contributed by atoms with Crippen LogP contribution < -0.4 is 5.73 Å². The van der Waals surface area contributed by atoms with Crippen LogP contribution in [-0.4, -0.2) is 0 Å². The summed E-state index contributed by atoms with van der Waals surface area (Å²) in [4.78, 5) is 0. The number of nitrogens with two attached hydrogens (primary N) is 1. The van der Waals surface area contributed by atoms with Crippen LogP contribution in [0.4, 0.5) is 4.39 Å². The van der Waals surface area contributed by atoms with E-state index in [1.807, 2.05) is 32.0 Å². The lowest BCUT2D eigenvalue weighted by atomic mass is 9.94. The van der Waals surface area contributed by atoms with E-state index in [4.69, 9.17) is 17.3 Å². The van der Waals surface area contributed by atoms with Crippen molar-refractivity contribution in [2.45, 2.75) is 19.9 Å². The zero-order chi connectivity index (χ0) is 14.2. The van der Waals surface area contributed by atoms with Gasteiger partial charge in [0, 0.05) is 5.02 Å². The van der Waals surface area contributed by atoms with Crippen molar-refractivity contribution in [3.05, 3.63) is 67.9 Å². The molecule has 0 amide bonds. The molecule has 0 bridgehead atoms. The van der Waals surface area contributed by atoms with Crippen LogP contribution in [0.3, 0.4) is 0 Å². The van der Waals surface area contributed by atoms with Crippen molar-refractivity contribution >= 4 is 27.5 Å². The fraction of sp³-hybridized carbons (Fsp3) is 0.200. The number of hydrogen-bond acceptors (Lipinski definition) is 1. The molecule has 0 radical (unpaired) electrons. The Kier molecular flexibility index (Phi) is 4.29. The van der Waals surface area contributed by atoms with Gasteiger partial charge in [0.05, 0.1) is 10.5 Å². The third-order valence-corrected chi connectivity index (χ3v) is 4.44. The molecule has 2 aromatic rings. The molecule has 2 N–H and O–H groups in total. The van der Waals surface area contributed by atoms with Gasteiger partial charge in [-0.2, -0.15) is 0 Å². The van der Waals surface area contributed by atoms with Crippen molar-refractivity contribution in [3.8, 4) is 0 Å². The molecule has 1 nitrogen and oxygen atoms in total. The van der Waals surface area contributed by atoms with E-state index in [0.29, 0.717) is 9.50 Å². The molecular formula is C15H14BrClFN. The van der Waals surface area contributed by atoms with Gasteiger partial charge in [-0.3, -0.25) is 0 Å². The molecule has 0 aliphatic rings. The zero-order valence-corrected chi connectivity index (χ0v) is 13.0. The number of aryl methyl sites for hydroxylation is 2. The predicted molar refractivity (Wildman–Crippen MR) is 81.1 cm³/mol. The predicted octanol–water partition coefficient (Wildman–Crippen LogP) is 4.91. The molecule has 0 heterocycles. The first-order valence-corrected chi connectivity index (χ1v) is 7.05. The van der Waals surface area contributed by atoms with E-state index < -0.39 is 0 Å². The molecule has 19 heavy (non-hydrogen) atoms. The molecule has 0 aromatic heterocycles. The highest BCUT2D eigenvalue weighted by atomic mass is 79.9. The van der Waals surface area contributed by atoms with E-state index in [-0.39, 0.29) is 11.9 Å². The van der Waals surface area contributed by atoms with Crippen molar-refractivity contribution in [3.63, 3.8) is 0 Å². The summed E-state index contributed by atoms with van der Waals surface area (Å²) in [5, 5.41) is 0.715. The second kappa shape index (κ2) is 5.61. The van der Waals surface area contributed by atoms with E-state index in [9.17, 15) is 4.39 Å². The van der Waals surface area contributed by atoms with Crippen LogP contribution in [0.15, 0.2) is 34.8 Å². The second-order valence-corrected chi connectivity index (χ2v) is 5.78. The fourth-order valence-corrected chi connectivity index (χ4v) is 2.80. The summed E-state index contributed by atoms with van der Waals surface area (Å²) in [7, 11) is 0. The van der Waals surface area contributed by atoms with Crippen LogP contribution >= 0.6 is 27.5 Å². The molecule has 0 spiro atoms. The van der Waals surface area contributed by atoms with Gasteiger partial charge in [-0.15, -0.1) is 0 Å². The van der Waals surface area contributed by atoms with Gasteiger partial charge in [-0.25, -0.2) is 4.39 Å². The third-order valence-electron chi connectivity index (χ3n) is 3.20. The van der Waals surface area contributed by atoms with Crippen LogP contribution in [0.1, 0.15) is 28.3 Å². The van der Waals surface area contributed by atoms with E-state index in [0.717, 1.165) is 22.3 Å². The van der Waals surface area contributed by atoms with Gasteiger partial charge in [0.2, 0.25) is 0 Å². The molecule has 0 saturated heterocycles. The van der Waals surface area contributed by atoms with Crippen LogP contribution in [0, 0.1) is 19.7 Å². The summed E-state index contributed by atoms with van der Waals surface area (Å²) in [5.74, 6) is -0.309. The minimum absolute atomic E-state index is 0.309. The molecular weight excluding hydrogens is 329 g/mol. The normalized spacial score (nSPS) is 12.5. The third kappa shape index (κ3) is 2.83. The summed E-state index contributed by atoms with van der Waals surface area (Å²) < 4.78 is 14.0. The van der Waals surface area contributed by atoms with Crippen LogP contribution in [-0.2, 0) is 0 Å². The standard InChI is InChI=1S/C15H14BrClFN/c1-8-7-12(17)9(2)6-11(8)15(19)10-4-3-5-13(18)14(10)16/h3-7,15H,19H2,1-2H3. The Labute approximate surface area is 125 Å². The van der Waals surface area contributed by atoms with Gasteiger partial charge in [0.25, 0.3) is 0 Å².